The van der Waals surface area contributed by atoms with Crippen molar-refractivity contribution in [1.82, 2.24) is 5.32 Å². The maximum atomic E-state index is 10.6. The minimum absolute atomic E-state index is 0.0962. The average molecular weight is 254 g/mol. The van der Waals surface area contributed by atoms with Crippen LogP contribution in [0.25, 0.3) is 11.8 Å². The number of non-ortho nitro benzene ring substituents is 1. The van der Waals surface area contributed by atoms with E-state index in [9.17, 15) is 10.1 Å². The van der Waals surface area contributed by atoms with Gasteiger partial charge in [0.2, 0.25) is 0 Å². The quantitative estimate of drug-likeness (QED) is 0.517. The molecule has 4 heteroatoms. The number of nitro benzene ring substituents is 1. The van der Waals surface area contributed by atoms with Crippen molar-refractivity contribution < 1.29 is 4.92 Å². The molecule has 96 valence electrons. The molecule has 0 saturated carbocycles. The standard InChI is InChI=1S/C15H14N2O2/c1-16-15(11-12-5-3-2-4-6-12)13-7-9-14(10-8-13)17(18)19/h2-11,16H,1H3. The van der Waals surface area contributed by atoms with E-state index >= 15 is 0 Å². The predicted molar refractivity (Wildman–Crippen MR) is 76.5 cm³/mol. The SMILES string of the molecule is CNC(=Cc1ccccc1)c1ccc([N+](=O)[O-])cc1. The third-order valence-corrected chi connectivity index (χ3v) is 2.77. The van der Waals surface area contributed by atoms with Crippen LogP contribution in [0.1, 0.15) is 11.1 Å². The zero-order chi connectivity index (χ0) is 13.7. The van der Waals surface area contributed by atoms with Crippen LogP contribution in [0.15, 0.2) is 54.6 Å². The molecule has 0 aliphatic carbocycles. The molecule has 0 aliphatic rings. The normalized spacial score (nSPS) is 11.1. The summed E-state index contributed by atoms with van der Waals surface area (Å²) in [7, 11) is 1.83. The van der Waals surface area contributed by atoms with Crippen molar-refractivity contribution in [3.8, 4) is 0 Å². The molecule has 0 heterocycles. The molecule has 0 saturated heterocycles. The Kier molecular flexibility index (Phi) is 3.93. The molecule has 0 amide bonds. The van der Waals surface area contributed by atoms with E-state index < -0.39 is 4.92 Å². The summed E-state index contributed by atoms with van der Waals surface area (Å²) in [5, 5.41) is 13.7. The fourth-order valence-electron chi connectivity index (χ4n) is 1.78. The van der Waals surface area contributed by atoms with Crippen molar-refractivity contribution in [3.05, 3.63) is 75.8 Å². The van der Waals surface area contributed by atoms with Crippen LogP contribution in [0.5, 0.6) is 0 Å². The Morgan fingerprint density at radius 2 is 1.74 bits per heavy atom. The lowest BCUT2D eigenvalue weighted by Gasteiger charge is -2.07. The summed E-state index contributed by atoms with van der Waals surface area (Å²) in [6.07, 6.45) is 2.00. The second-order valence-corrected chi connectivity index (χ2v) is 4.02. The molecule has 0 aliphatic heterocycles. The van der Waals surface area contributed by atoms with E-state index in [1.165, 1.54) is 12.1 Å². The van der Waals surface area contributed by atoms with Crippen LogP contribution in [-0.4, -0.2) is 12.0 Å². The highest BCUT2D eigenvalue weighted by atomic mass is 16.6. The maximum absolute atomic E-state index is 10.6. The molecule has 0 aromatic heterocycles. The summed E-state index contributed by atoms with van der Waals surface area (Å²) in [5.41, 5.74) is 3.00. The molecular weight excluding hydrogens is 240 g/mol. The van der Waals surface area contributed by atoms with Gasteiger partial charge in [0.1, 0.15) is 0 Å². The van der Waals surface area contributed by atoms with Gasteiger partial charge >= 0.3 is 0 Å². The predicted octanol–water partition coefficient (Wildman–Crippen LogP) is 3.31. The highest BCUT2D eigenvalue weighted by molar-refractivity contribution is 5.80. The molecule has 0 spiro atoms. The fraction of sp³-hybridized carbons (Fsp3) is 0.0667. The van der Waals surface area contributed by atoms with Crippen molar-refractivity contribution in [2.45, 2.75) is 0 Å². The Bertz CT molecular complexity index is 589. The first-order chi connectivity index (χ1) is 9.20. The Balaban J connectivity index is 2.32. The van der Waals surface area contributed by atoms with E-state index in [0.29, 0.717) is 0 Å². The molecule has 2 aromatic rings. The third-order valence-electron chi connectivity index (χ3n) is 2.77. The Morgan fingerprint density at radius 1 is 1.11 bits per heavy atom. The van der Waals surface area contributed by atoms with E-state index in [4.69, 9.17) is 0 Å². The topological polar surface area (TPSA) is 55.2 Å². The van der Waals surface area contributed by atoms with E-state index in [1.54, 1.807) is 12.1 Å². The van der Waals surface area contributed by atoms with E-state index in [1.807, 2.05) is 43.5 Å². The lowest BCUT2D eigenvalue weighted by Crippen LogP contribution is -2.04. The van der Waals surface area contributed by atoms with Gasteiger partial charge in [0.05, 0.1) is 4.92 Å². The number of nitrogens with one attached hydrogen (secondary N) is 1. The monoisotopic (exact) mass is 254 g/mol. The molecule has 0 unspecified atom stereocenters. The highest BCUT2D eigenvalue weighted by Gasteiger charge is 2.06. The van der Waals surface area contributed by atoms with Gasteiger partial charge in [-0.15, -0.1) is 0 Å². The number of nitrogens with zero attached hydrogens (tertiary/aromatic N) is 1. The van der Waals surface area contributed by atoms with Gasteiger partial charge in [-0.1, -0.05) is 30.3 Å². The average Bonchev–Trinajstić information content (AvgIpc) is 2.46. The van der Waals surface area contributed by atoms with E-state index in [0.717, 1.165) is 16.8 Å². The first kappa shape index (κ1) is 12.8. The van der Waals surface area contributed by atoms with Crippen molar-refractivity contribution in [2.75, 3.05) is 7.05 Å². The summed E-state index contributed by atoms with van der Waals surface area (Å²) in [4.78, 5) is 10.2. The Labute approximate surface area is 111 Å². The van der Waals surface area contributed by atoms with Crippen molar-refractivity contribution in [1.29, 1.82) is 0 Å². The molecule has 19 heavy (non-hydrogen) atoms. The number of benzene rings is 2. The molecule has 0 atom stereocenters. The third kappa shape index (κ3) is 3.19. The lowest BCUT2D eigenvalue weighted by molar-refractivity contribution is -0.384. The zero-order valence-electron chi connectivity index (χ0n) is 10.5. The van der Waals surface area contributed by atoms with Gasteiger partial charge in [-0.3, -0.25) is 10.1 Å². The van der Waals surface area contributed by atoms with Gasteiger partial charge in [-0.25, -0.2) is 0 Å². The zero-order valence-corrected chi connectivity index (χ0v) is 10.5. The van der Waals surface area contributed by atoms with Crippen LogP contribution in [0.3, 0.4) is 0 Å². The van der Waals surface area contributed by atoms with Crippen LogP contribution in [0, 0.1) is 10.1 Å². The summed E-state index contributed by atoms with van der Waals surface area (Å²) >= 11 is 0. The molecular formula is C15H14N2O2. The van der Waals surface area contributed by atoms with Crippen LogP contribution >= 0.6 is 0 Å². The van der Waals surface area contributed by atoms with Crippen molar-refractivity contribution in [2.24, 2.45) is 0 Å². The minimum atomic E-state index is -0.399. The lowest BCUT2D eigenvalue weighted by atomic mass is 10.1. The molecule has 0 fully saturated rings. The smallest absolute Gasteiger partial charge is 0.269 e. The molecule has 0 bridgehead atoms. The van der Waals surface area contributed by atoms with Crippen LogP contribution in [-0.2, 0) is 0 Å². The second-order valence-electron chi connectivity index (χ2n) is 4.02. The van der Waals surface area contributed by atoms with Crippen molar-refractivity contribution >= 4 is 17.5 Å². The van der Waals surface area contributed by atoms with Gasteiger partial charge in [0.15, 0.2) is 0 Å². The highest BCUT2D eigenvalue weighted by Crippen LogP contribution is 2.19. The fourth-order valence-corrected chi connectivity index (χ4v) is 1.78. The Morgan fingerprint density at radius 3 is 2.26 bits per heavy atom. The molecule has 2 rings (SSSR count). The van der Waals surface area contributed by atoms with Gasteiger partial charge in [-0.05, 0) is 29.3 Å². The van der Waals surface area contributed by atoms with Crippen LogP contribution in [0.2, 0.25) is 0 Å². The van der Waals surface area contributed by atoms with Gasteiger partial charge in [0, 0.05) is 24.9 Å². The molecule has 0 radical (unpaired) electrons. The molecule has 2 aromatic carbocycles. The Hall–Kier alpha value is -2.62. The molecule has 1 N–H and O–H groups in total. The van der Waals surface area contributed by atoms with Crippen LogP contribution in [0.4, 0.5) is 5.69 Å². The summed E-state index contributed by atoms with van der Waals surface area (Å²) < 4.78 is 0. The summed E-state index contributed by atoms with van der Waals surface area (Å²) in [6, 6.07) is 16.4. The number of hydrogen-bond acceptors (Lipinski definition) is 3. The maximum Gasteiger partial charge on any atom is 0.269 e. The number of hydrogen-bond donors (Lipinski definition) is 1. The summed E-state index contributed by atoms with van der Waals surface area (Å²) in [6.45, 7) is 0. The number of nitro groups is 1. The molecule has 4 nitrogen and oxygen atoms in total. The van der Waals surface area contributed by atoms with E-state index in [2.05, 4.69) is 5.32 Å². The second kappa shape index (κ2) is 5.82. The number of rotatable bonds is 4. The van der Waals surface area contributed by atoms with Gasteiger partial charge < -0.3 is 5.32 Å². The minimum Gasteiger partial charge on any atom is -0.388 e. The first-order valence-corrected chi connectivity index (χ1v) is 5.90. The largest absolute Gasteiger partial charge is 0.388 e. The van der Waals surface area contributed by atoms with Gasteiger partial charge in [0.25, 0.3) is 5.69 Å². The van der Waals surface area contributed by atoms with Crippen LogP contribution < -0.4 is 5.32 Å². The summed E-state index contributed by atoms with van der Waals surface area (Å²) in [5.74, 6) is 0. The first-order valence-electron chi connectivity index (χ1n) is 5.90. The van der Waals surface area contributed by atoms with E-state index in [-0.39, 0.29) is 5.69 Å². The van der Waals surface area contributed by atoms with Crippen molar-refractivity contribution in [3.63, 3.8) is 0 Å². The van der Waals surface area contributed by atoms with Gasteiger partial charge in [-0.2, -0.15) is 0 Å².